The van der Waals surface area contributed by atoms with Crippen LogP contribution in [0.5, 0.6) is 0 Å². The van der Waals surface area contributed by atoms with Crippen molar-refractivity contribution in [3.05, 3.63) is 141 Å². The highest BCUT2D eigenvalue weighted by molar-refractivity contribution is 6.21. The SMILES string of the molecule is O=C(c1ccc([N+](=O)[O-])cc1)N(C(=O)N1CCN(C(=O)N(C(=O)c2ccc([N+](=O)[O-])cc2)c2ccccc2)CC1)c1ccccc1. The number of para-hydroxylation sites is 2. The van der Waals surface area contributed by atoms with Crippen molar-refractivity contribution < 1.29 is 29.0 Å². The fraction of sp³-hybridized carbons (Fsp3) is 0.125. The summed E-state index contributed by atoms with van der Waals surface area (Å²) in [7, 11) is 0. The van der Waals surface area contributed by atoms with E-state index in [1.54, 1.807) is 60.7 Å². The Morgan fingerprint density at radius 1 is 0.500 bits per heavy atom. The molecule has 0 N–H and O–H groups in total. The second-order valence-corrected chi connectivity index (χ2v) is 10.1. The molecule has 0 aromatic heterocycles. The molecule has 4 aromatic carbocycles. The van der Waals surface area contributed by atoms with E-state index in [4.69, 9.17) is 0 Å². The van der Waals surface area contributed by atoms with Crippen molar-refractivity contribution in [2.45, 2.75) is 0 Å². The van der Waals surface area contributed by atoms with Crippen LogP contribution in [0, 0.1) is 20.2 Å². The van der Waals surface area contributed by atoms with Gasteiger partial charge in [-0.05, 0) is 48.5 Å². The second-order valence-electron chi connectivity index (χ2n) is 10.1. The lowest BCUT2D eigenvalue weighted by molar-refractivity contribution is -0.385. The summed E-state index contributed by atoms with van der Waals surface area (Å²) in [4.78, 5) is 80.4. The molecule has 0 spiro atoms. The first-order valence-corrected chi connectivity index (χ1v) is 14.0. The summed E-state index contributed by atoms with van der Waals surface area (Å²) >= 11 is 0. The molecule has 232 valence electrons. The molecular formula is C32H26N6O8. The molecule has 46 heavy (non-hydrogen) atoms. The van der Waals surface area contributed by atoms with Crippen LogP contribution >= 0.6 is 0 Å². The monoisotopic (exact) mass is 622 g/mol. The number of nitrogens with zero attached hydrogens (tertiary/aromatic N) is 6. The Bertz CT molecular complexity index is 1640. The molecule has 0 unspecified atom stereocenters. The number of hydrogen-bond acceptors (Lipinski definition) is 8. The van der Waals surface area contributed by atoms with Gasteiger partial charge in [0.2, 0.25) is 0 Å². The zero-order chi connectivity index (χ0) is 32.8. The number of amides is 6. The summed E-state index contributed by atoms with van der Waals surface area (Å²) in [6, 6.07) is 25.0. The zero-order valence-electron chi connectivity index (χ0n) is 24.2. The molecule has 1 heterocycles. The summed E-state index contributed by atoms with van der Waals surface area (Å²) in [5, 5.41) is 22.1. The van der Waals surface area contributed by atoms with Crippen LogP contribution in [0.2, 0.25) is 0 Å². The molecule has 1 fully saturated rings. The summed E-state index contributed by atoms with van der Waals surface area (Å²) in [6.07, 6.45) is 0. The lowest BCUT2D eigenvalue weighted by Gasteiger charge is -2.38. The highest BCUT2D eigenvalue weighted by Crippen LogP contribution is 2.24. The second kappa shape index (κ2) is 13.5. The highest BCUT2D eigenvalue weighted by atomic mass is 16.6. The maximum Gasteiger partial charge on any atom is 0.331 e. The molecule has 1 saturated heterocycles. The molecule has 0 radical (unpaired) electrons. The van der Waals surface area contributed by atoms with Crippen LogP contribution in [0.3, 0.4) is 0 Å². The summed E-state index contributed by atoms with van der Waals surface area (Å²) in [5.74, 6) is -1.37. The third-order valence-electron chi connectivity index (χ3n) is 7.29. The Kier molecular flexibility index (Phi) is 9.07. The molecule has 0 aliphatic carbocycles. The molecule has 0 saturated carbocycles. The van der Waals surface area contributed by atoms with Gasteiger partial charge in [-0.2, -0.15) is 0 Å². The minimum absolute atomic E-state index is 0.0375. The number of benzene rings is 4. The van der Waals surface area contributed by atoms with Crippen molar-refractivity contribution in [1.82, 2.24) is 9.80 Å². The van der Waals surface area contributed by atoms with E-state index in [0.29, 0.717) is 11.4 Å². The number of urea groups is 2. The predicted molar refractivity (Wildman–Crippen MR) is 167 cm³/mol. The van der Waals surface area contributed by atoms with E-state index >= 15 is 0 Å². The van der Waals surface area contributed by atoms with Crippen molar-refractivity contribution >= 4 is 46.6 Å². The normalized spacial score (nSPS) is 12.6. The van der Waals surface area contributed by atoms with Gasteiger partial charge in [-0.25, -0.2) is 19.4 Å². The number of carbonyl (C=O) groups excluding carboxylic acids is 4. The Balaban J connectivity index is 1.34. The third-order valence-corrected chi connectivity index (χ3v) is 7.29. The zero-order valence-corrected chi connectivity index (χ0v) is 24.2. The maximum atomic E-state index is 13.8. The number of nitro groups is 2. The Labute approximate surface area is 262 Å². The molecule has 4 aromatic rings. The number of anilines is 2. The van der Waals surface area contributed by atoms with Gasteiger partial charge in [-0.1, -0.05) is 36.4 Å². The summed E-state index contributed by atoms with van der Waals surface area (Å²) < 4.78 is 0. The first kappa shape index (κ1) is 31.0. The van der Waals surface area contributed by atoms with E-state index in [1.165, 1.54) is 58.3 Å². The van der Waals surface area contributed by atoms with Gasteiger partial charge < -0.3 is 9.80 Å². The topological polar surface area (TPSA) is 168 Å². The summed E-state index contributed by atoms with van der Waals surface area (Å²) in [5.41, 5.74) is 0.314. The van der Waals surface area contributed by atoms with Gasteiger partial charge in [-0.15, -0.1) is 0 Å². The standard InChI is InChI=1S/C32H26N6O8/c39-29(23-11-15-27(16-12-23)37(43)44)35(25-7-3-1-4-8-25)31(41)33-19-21-34(22-20-33)32(42)36(26-9-5-2-6-10-26)30(40)24-13-17-28(18-14-24)38(45)46/h1-18H,19-22H2. The van der Waals surface area contributed by atoms with E-state index in [9.17, 15) is 39.4 Å². The van der Waals surface area contributed by atoms with Crippen LogP contribution in [-0.4, -0.2) is 69.7 Å². The first-order valence-electron chi connectivity index (χ1n) is 14.0. The van der Waals surface area contributed by atoms with Crippen LogP contribution in [0.15, 0.2) is 109 Å². The van der Waals surface area contributed by atoms with Crippen molar-refractivity contribution in [2.24, 2.45) is 0 Å². The van der Waals surface area contributed by atoms with E-state index in [0.717, 1.165) is 9.80 Å². The third kappa shape index (κ3) is 6.55. The lowest BCUT2D eigenvalue weighted by atomic mass is 10.1. The molecule has 14 heteroatoms. The van der Waals surface area contributed by atoms with E-state index < -0.39 is 33.7 Å². The van der Waals surface area contributed by atoms with Gasteiger partial charge in [0.05, 0.1) is 21.2 Å². The van der Waals surface area contributed by atoms with Gasteiger partial charge in [-0.3, -0.25) is 29.8 Å². The minimum Gasteiger partial charge on any atom is -0.320 e. The number of rotatable bonds is 6. The molecule has 6 amide bonds. The highest BCUT2D eigenvalue weighted by Gasteiger charge is 2.35. The van der Waals surface area contributed by atoms with Crippen molar-refractivity contribution in [3.8, 4) is 0 Å². The molecule has 1 aliphatic heterocycles. The van der Waals surface area contributed by atoms with Crippen molar-refractivity contribution in [3.63, 3.8) is 0 Å². The van der Waals surface area contributed by atoms with Crippen LogP contribution in [0.1, 0.15) is 20.7 Å². The quantitative estimate of drug-likeness (QED) is 0.205. The largest absolute Gasteiger partial charge is 0.331 e. The molecule has 14 nitrogen and oxygen atoms in total. The number of imide groups is 2. The molecule has 1 aliphatic rings. The van der Waals surface area contributed by atoms with Gasteiger partial charge in [0, 0.05) is 61.6 Å². The maximum absolute atomic E-state index is 13.8. The molecule has 0 bridgehead atoms. The lowest BCUT2D eigenvalue weighted by Crippen LogP contribution is -2.58. The number of nitro benzene ring substituents is 2. The van der Waals surface area contributed by atoms with Crippen LogP contribution in [-0.2, 0) is 0 Å². The molecular weight excluding hydrogens is 596 g/mol. The molecule has 0 atom stereocenters. The predicted octanol–water partition coefficient (Wildman–Crippen LogP) is 5.35. The summed E-state index contributed by atoms with van der Waals surface area (Å²) in [6.45, 7) is 0.150. The Hall–Kier alpha value is -6.44. The fourth-order valence-electron chi connectivity index (χ4n) is 4.86. The number of hydrogen-bond donors (Lipinski definition) is 0. The van der Waals surface area contributed by atoms with E-state index in [2.05, 4.69) is 0 Å². The Morgan fingerprint density at radius 3 is 1.09 bits per heavy atom. The van der Waals surface area contributed by atoms with Gasteiger partial charge in [0.1, 0.15) is 0 Å². The Morgan fingerprint density at radius 2 is 0.804 bits per heavy atom. The van der Waals surface area contributed by atoms with Crippen LogP contribution in [0.4, 0.5) is 32.3 Å². The van der Waals surface area contributed by atoms with Gasteiger partial charge in [0.25, 0.3) is 23.2 Å². The average molecular weight is 623 g/mol. The van der Waals surface area contributed by atoms with Crippen LogP contribution < -0.4 is 9.80 Å². The first-order chi connectivity index (χ1) is 22.2. The smallest absolute Gasteiger partial charge is 0.320 e. The average Bonchev–Trinajstić information content (AvgIpc) is 3.09. The molecule has 5 rings (SSSR count). The minimum atomic E-state index is -0.687. The van der Waals surface area contributed by atoms with Gasteiger partial charge in [0.15, 0.2) is 0 Å². The van der Waals surface area contributed by atoms with E-state index in [1.807, 2.05) is 0 Å². The fourth-order valence-corrected chi connectivity index (χ4v) is 4.86. The van der Waals surface area contributed by atoms with Crippen molar-refractivity contribution in [2.75, 3.05) is 36.0 Å². The van der Waals surface area contributed by atoms with Gasteiger partial charge >= 0.3 is 12.1 Å². The number of carbonyl (C=O) groups is 4. The van der Waals surface area contributed by atoms with Crippen molar-refractivity contribution in [1.29, 1.82) is 0 Å². The number of non-ortho nitro benzene ring substituents is 2. The van der Waals surface area contributed by atoms with E-state index in [-0.39, 0.29) is 48.7 Å². The van der Waals surface area contributed by atoms with Crippen LogP contribution in [0.25, 0.3) is 0 Å². The number of piperazine rings is 1.